The lowest BCUT2D eigenvalue weighted by Gasteiger charge is -1.99. The van der Waals surface area contributed by atoms with Crippen molar-refractivity contribution in [3.05, 3.63) is 23.1 Å². The van der Waals surface area contributed by atoms with E-state index in [4.69, 9.17) is 10.3 Å². The third kappa shape index (κ3) is 2.04. The zero-order valence-electron chi connectivity index (χ0n) is 10.4. The SMILES string of the molecule is CNC(=O)c1nc(Cn2nc(C)c(N)c2C)no1. The van der Waals surface area contributed by atoms with Gasteiger partial charge in [-0.25, -0.2) is 0 Å². The number of anilines is 1. The summed E-state index contributed by atoms with van der Waals surface area (Å²) in [7, 11) is 1.49. The van der Waals surface area contributed by atoms with Gasteiger partial charge in [0.1, 0.15) is 6.54 Å². The highest BCUT2D eigenvalue weighted by Crippen LogP contribution is 2.15. The van der Waals surface area contributed by atoms with Crippen LogP contribution in [0.4, 0.5) is 5.69 Å². The Hall–Kier alpha value is -2.38. The number of amides is 1. The quantitative estimate of drug-likeness (QED) is 0.785. The Labute approximate surface area is 103 Å². The molecule has 0 fully saturated rings. The van der Waals surface area contributed by atoms with Crippen LogP contribution in [0.5, 0.6) is 0 Å². The molecular weight excluding hydrogens is 236 g/mol. The van der Waals surface area contributed by atoms with Crippen molar-refractivity contribution in [2.45, 2.75) is 20.4 Å². The molecule has 2 aromatic rings. The maximum Gasteiger partial charge on any atom is 0.315 e. The van der Waals surface area contributed by atoms with E-state index < -0.39 is 5.91 Å². The average Bonchev–Trinajstić information content (AvgIpc) is 2.91. The number of rotatable bonds is 3. The van der Waals surface area contributed by atoms with Crippen LogP contribution < -0.4 is 11.1 Å². The molecule has 2 aromatic heterocycles. The molecule has 18 heavy (non-hydrogen) atoms. The maximum absolute atomic E-state index is 11.3. The molecule has 2 rings (SSSR count). The lowest BCUT2D eigenvalue weighted by molar-refractivity contribution is 0.0919. The van der Waals surface area contributed by atoms with Gasteiger partial charge in [0.2, 0.25) is 0 Å². The van der Waals surface area contributed by atoms with Crippen molar-refractivity contribution in [2.24, 2.45) is 0 Å². The first-order valence-corrected chi connectivity index (χ1v) is 5.37. The van der Waals surface area contributed by atoms with Gasteiger partial charge in [-0.3, -0.25) is 9.48 Å². The summed E-state index contributed by atoms with van der Waals surface area (Å²) < 4.78 is 6.49. The van der Waals surface area contributed by atoms with Crippen molar-refractivity contribution in [3.8, 4) is 0 Å². The zero-order chi connectivity index (χ0) is 13.3. The minimum absolute atomic E-state index is 0.0676. The summed E-state index contributed by atoms with van der Waals surface area (Å²) in [5, 5.41) is 10.4. The van der Waals surface area contributed by atoms with Crippen LogP contribution in [-0.2, 0) is 6.54 Å². The second-order valence-electron chi connectivity index (χ2n) is 3.84. The van der Waals surface area contributed by atoms with Gasteiger partial charge in [0.05, 0.1) is 17.1 Å². The fourth-order valence-corrected chi connectivity index (χ4v) is 1.52. The van der Waals surface area contributed by atoms with Gasteiger partial charge in [0.15, 0.2) is 5.82 Å². The summed E-state index contributed by atoms with van der Waals surface area (Å²) >= 11 is 0. The Kier molecular flexibility index (Phi) is 3.00. The topological polar surface area (TPSA) is 112 Å². The largest absolute Gasteiger partial charge is 0.396 e. The molecule has 0 aliphatic heterocycles. The molecule has 0 saturated carbocycles. The third-order valence-corrected chi connectivity index (χ3v) is 2.62. The number of nitrogen functional groups attached to an aromatic ring is 1. The Morgan fingerprint density at radius 2 is 2.22 bits per heavy atom. The van der Waals surface area contributed by atoms with Gasteiger partial charge in [-0.05, 0) is 13.8 Å². The van der Waals surface area contributed by atoms with Gasteiger partial charge >= 0.3 is 11.8 Å². The molecule has 1 amide bonds. The summed E-state index contributed by atoms with van der Waals surface area (Å²) in [5.41, 5.74) is 8.05. The molecule has 0 radical (unpaired) electrons. The first kappa shape index (κ1) is 12.1. The van der Waals surface area contributed by atoms with Gasteiger partial charge in [-0.2, -0.15) is 10.1 Å². The summed E-state index contributed by atoms with van der Waals surface area (Å²) in [6.07, 6.45) is 0. The number of hydrogen-bond donors (Lipinski definition) is 2. The van der Waals surface area contributed by atoms with Crippen LogP contribution in [0.25, 0.3) is 0 Å². The molecule has 0 atom stereocenters. The van der Waals surface area contributed by atoms with Crippen LogP contribution in [0.3, 0.4) is 0 Å². The predicted octanol–water partition coefficient (Wildman–Crippen LogP) is -0.127. The van der Waals surface area contributed by atoms with Crippen LogP contribution >= 0.6 is 0 Å². The van der Waals surface area contributed by atoms with Crippen molar-refractivity contribution in [3.63, 3.8) is 0 Å². The van der Waals surface area contributed by atoms with E-state index in [0.29, 0.717) is 18.1 Å². The molecular formula is C10H14N6O2. The van der Waals surface area contributed by atoms with Crippen LogP contribution in [0, 0.1) is 13.8 Å². The first-order valence-electron chi connectivity index (χ1n) is 5.37. The number of aryl methyl sites for hydroxylation is 1. The molecule has 0 unspecified atom stereocenters. The number of aromatic nitrogens is 4. The van der Waals surface area contributed by atoms with E-state index >= 15 is 0 Å². The van der Waals surface area contributed by atoms with Gasteiger partial charge in [0, 0.05) is 7.05 Å². The zero-order valence-corrected chi connectivity index (χ0v) is 10.4. The number of nitrogens with zero attached hydrogens (tertiary/aromatic N) is 4. The Balaban J connectivity index is 2.21. The highest BCUT2D eigenvalue weighted by Gasteiger charge is 2.15. The smallest absolute Gasteiger partial charge is 0.315 e. The predicted molar refractivity (Wildman–Crippen MR) is 62.9 cm³/mol. The summed E-state index contributed by atoms with van der Waals surface area (Å²) in [6, 6.07) is 0. The normalized spacial score (nSPS) is 10.6. The van der Waals surface area contributed by atoms with Crippen LogP contribution in [-0.4, -0.2) is 32.9 Å². The number of nitrogens with two attached hydrogens (primary N) is 1. The van der Waals surface area contributed by atoms with Gasteiger partial charge in [0.25, 0.3) is 0 Å². The van der Waals surface area contributed by atoms with Crippen molar-refractivity contribution in [1.29, 1.82) is 0 Å². The fourth-order valence-electron chi connectivity index (χ4n) is 1.52. The maximum atomic E-state index is 11.3. The molecule has 0 bridgehead atoms. The van der Waals surface area contributed by atoms with Gasteiger partial charge in [-0.1, -0.05) is 5.16 Å². The lowest BCUT2D eigenvalue weighted by Crippen LogP contribution is -2.18. The number of carbonyl (C=O) groups excluding carboxylic acids is 1. The molecule has 96 valence electrons. The summed E-state index contributed by atoms with van der Waals surface area (Å²) in [5.74, 6) is -0.108. The van der Waals surface area contributed by atoms with E-state index in [0.717, 1.165) is 11.4 Å². The summed E-state index contributed by atoms with van der Waals surface area (Å²) in [6.45, 7) is 3.99. The Bertz CT molecular complexity index is 585. The highest BCUT2D eigenvalue weighted by molar-refractivity contribution is 5.89. The molecule has 0 aliphatic rings. The summed E-state index contributed by atoms with van der Waals surface area (Å²) in [4.78, 5) is 15.2. The molecule has 8 nitrogen and oxygen atoms in total. The molecule has 3 N–H and O–H groups in total. The van der Waals surface area contributed by atoms with Crippen LogP contribution in [0.15, 0.2) is 4.52 Å². The van der Waals surface area contributed by atoms with E-state index in [9.17, 15) is 4.79 Å². The molecule has 2 heterocycles. The Morgan fingerprint density at radius 1 is 1.50 bits per heavy atom. The van der Waals surface area contributed by atoms with E-state index in [1.165, 1.54) is 7.05 Å². The average molecular weight is 250 g/mol. The standard InChI is InChI=1S/C10H14N6O2/c1-5-8(11)6(2)16(14-5)4-7-13-10(18-15-7)9(17)12-3/h4,11H2,1-3H3,(H,12,17). The fraction of sp³-hybridized carbons (Fsp3) is 0.400. The minimum atomic E-state index is -0.415. The van der Waals surface area contributed by atoms with Crippen LogP contribution in [0.2, 0.25) is 0 Å². The molecule has 0 saturated heterocycles. The second kappa shape index (κ2) is 4.47. The number of hydrogen-bond acceptors (Lipinski definition) is 6. The van der Waals surface area contributed by atoms with E-state index in [-0.39, 0.29) is 5.89 Å². The van der Waals surface area contributed by atoms with Crippen LogP contribution in [0.1, 0.15) is 27.9 Å². The molecule has 8 heteroatoms. The highest BCUT2D eigenvalue weighted by atomic mass is 16.5. The van der Waals surface area contributed by atoms with E-state index in [1.807, 2.05) is 13.8 Å². The second-order valence-corrected chi connectivity index (χ2v) is 3.84. The molecule has 0 aliphatic carbocycles. The first-order chi connectivity index (χ1) is 8.52. The molecule has 0 aromatic carbocycles. The lowest BCUT2D eigenvalue weighted by atomic mass is 10.3. The van der Waals surface area contributed by atoms with Gasteiger partial charge < -0.3 is 15.6 Å². The van der Waals surface area contributed by atoms with Crippen molar-refractivity contribution in [1.82, 2.24) is 25.2 Å². The number of nitrogens with one attached hydrogen (secondary N) is 1. The van der Waals surface area contributed by atoms with Crippen molar-refractivity contribution >= 4 is 11.6 Å². The van der Waals surface area contributed by atoms with Gasteiger partial charge in [-0.15, -0.1) is 0 Å². The van der Waals surface area contributed by atoms with Crippen molar-refractivity contribution < 1.29 is 9.32 Å². The molecule has 0 spiro atoms. The van der Waals surface area contributed by atoms with E-state index in [1.54, 1.807) is 4.68 Å². The number of carbonyl (C=O) groups is 1. The Morgan fingerprint density at radius 3 is 2.78 bits per heavy atom. The third-order valence-electron chi connectivity index (χ3n) is 2.62. The monoisotopic (exact) mass is 250 g/mol. The minimum Gasteiger partial charge on any atom is -0.396 e. The van der Waals surface area contributed by atoms with Crippen molar-refractivity contribution in [2.75, 3.05) is 12.8 Å². The van der Waals surface area contributed by atoms with E-state index in [2.05, 4.69) is 20.6 Å².